The van der Waals surface area contributed by atoms with E-state index in [4.69, 9.17) is 4.74 Å². The van der Waals surface area contributed by atoms with E-state index in [1.807, 2.05) is 75.6 Å². The second-order valence-electron chi connectivity index (χ2n) is 8.50. The number of amides is 1. The SMILES string of the molecule is COc1cc(N=Nc2ccc(C)cc2)c(NC(C)=O)cc1N=Nc1ccc(N(C)C)c2ccccc12. The van der Waals surface area contributed by atoms with Crippen LogP contribution in [0.1, 0.15) is 12.5 Å². The van der Waals surface area contributed by atoms with E-state index >= 15 is 0 Å². The van der Waals surface area contributed by atoms with Crippen molar-refractivity contribution in [2.24, 2.45) is 20.5 Å². The number of hydrogen-bond acceptors (Lipinski definition) is 7. The summed E-state index contributed by atoms with van der Waals surface area (Å²) in [5, 5.41) is 22.5. The number of carbonyl (C=O) groups is 1. The summed E-state index contributed by atoms with van der Waals surface area (Å²) in [5.41, 5.74) is 5.01. The Morgan fingerprint density at radius 2 is 1.47 bits per heavy atom. The lowest BCUT2D eigenvalue weighted by atomic mass is 10.1. The van der Waals surface area contributed by atoms with Gasteiger partial charge in [0.2, 0.25) is 5.91 Å². The molecule has 0 unspecified atom stereocenters. The van der Waals surface area contributed by atoms with Gasteiger partial charge in [-0.05, 0) is 37.3 Å². The van der Waals surface area contributed by atoms with E-state index in [0.717, 1.165) is 27.7 Å². The third-order valence-corrected chi connectivity index (χ3v) is 5.54. The molecule has 0 fully saturated rings. The fraction of sp³-hybridized carbons (Fsp3) is 0.179. The number of fused-ring (bicyclic) bond motifs is 1. The molecular formula is C28H28N6O2. The van der Waals surface area contributed by atoms with Crippen molar-refractivity contribution in [2.45, 2.75) is 13.8 Å². The Kier molecular flexibility index (Phi) is 7.34. The number of carbonyl (C=O) groups excluding carboxylic acids is 1. The van der Waals surface area contributed by atoms with Crippen molar-refractivity contribution in [3.05, 3.63) is 78.4 Å². The maximum Gasteiger partial charge on any atom is 0.221 e. The monoisotopic (exact) mass is 480 g/mol. The van der Waals surface area contributed by atoms with Crippen molar-refractivity contribution in [3.63, 3.8) is 0 Å². The smallest absolute Gasteiger partial charge is 0.221 e. The summed E-state index contributed by atoms with van der Waals surface area (Å²) in [6.07, 6.45) is 0. The molecule has 1 N–H and O–H groups in total. The average molecular weight is 481 g/mol. The molecule has 0 saturated heterocycles. The van der Waals surface area contributed by atoms with E-state index < -0.39 is 0 Å². The highest BCUT2D eigenvalue weighted by molar-refractivity contribution is 6.01. The molecule has 1 amide bonds. The molecule has 4 aromatic carbocycles. The van der Waals surface area contributed by atoms with Gasteiger partial charge in [-0.25, -0.2) is 0 Å². The molecule has 0 bridgehead atoms. The minimum atomic E-state index is -0.236. The van der Waals surface area contributed by atoms with Crippen LogP contribution >= 0.6 is 0 Å². The largest absolute Gasteiger partial charge is 0.494 e. The molecule has 8 nitrogen and oxygen atoms in total. The molecule has 36 heavy (non-hydrogen) atoms. The molecule has 0 aliphatic heterocycles. The van der Waals surface area contributed by atoms with E-state index in [1.54, 1.807) is 19.2 Å². The second kappa shape index (κ2) is 10.8. The first-order valence-corrected chi connectivity index (χ1v) is 11.4. The van der Waals surface area contributed by atoms with E-state index in [0.29, 0.717) is 28.5 Å². The molecule has 0 aromatic heterocycles. The summed E-state index contributed by atoms with van der Waals surface area (Å²) in [6.45, 7) is 3.44. The first-order chi connectivity index (χ1) is 17.4. The minimum Gasteiger partial charge on any atom is -0.494 e. The van der Waals surface area contributed by atoms with Crippen LogP contribution in [0.25, 0.3) is 10.8 Å². The van der Waals surface area contributed by atoms with E-state index in [2.05, 4.69) is 36.7 Å². The van der Waals surface area contributed by atoms with Gasteiger partial charge in [0.05, 0.1) is 24.2 Å². The molecular weight excluding hydrogens is 452 g/mol. The van der Waals surface area contributed by atoms with Gasteiger partial charge >= 0.3 is 0 Å². The molecule has 8 heteroatoms. The first-order valence-electron chi connectivity index (χ1n) is 11.4. The second-order valence-corrected chi connectivity index (χ2v) is 8.50. The number of benzene rings is 4. The van der Waals surface area contributed by atoms with Gasteiger partial charge in [-0.1, -0.05) is 42.0 Å². The van der Waals surface area contributed by atoms with Crippen molar-refractivity contribution in [2.75, 3.05) is 31.4 Å². The van der Waals surface area contributed by atoms with Crippen LogP contribution in [-0.2, 0) is 4.79 Å². The predicted octanol–water partition coefficient (Wildman–Crippen LogP) is 8.01. The molecule has 0 aliphatic rings. The predicted molar refractivity (Wildman–Crippen MR) is 145 cm³/mol. The van der Waals surface area contributed by atoms with Gasteiger partial charge in [-0.2, -0.15) is 5.11 Å². The van der Waals surface area contributed by atoms with Crippen LogP contribution in [-0.4, -0.2) is 27.1 Å². The normalized spacial score (nSPS) is 11.4. The van der Waals surface area contributed by atoms with Crippen LogP contribution in [0.4, 0.5) is 34.1 Å². The highest BCUT2D eigenvalue weighted by atomic mass is 16.5. The Morgan fingerprint density at radius 1 is 0.806 bits per heavy atom. The molecule has 0 saturated carbocycles. The molecule has 0 atom stereocenters. The van der Waals surface area contributed by atoms with Gasteiger partial charge in [0.25, 0.3) is 0 Å². The fourth-order valence-corrected chi connectivity index (χ4v) is 3.75. The number of nitrogens with zero attached hydrogens (tertiary/aromatic N) is 5. The lowest BCUT2D eigenvalue weighted by Crippen LogP contribution is -2.08. The molecule has 0 heterocycles. The van der Waals surface area contributed by atoms with Gasteiger partial charge in [0, 0.05) is 43.5 Å². The third-order valence-electron chi connectivity index (χ3n) is 5.54. The minimum absolute atomic E-state index is 0.236. The third kappa shape index (κ3) is 5.55. The Hall–Kier alpha value is -4.59. The van der Waals surface area contributed by atoms with E-state index in [9.17, 15) is 4.79 Å². The summed E-state index contributed by atoms with van der Waals surface area (Å²) in [4.78, 5) is 13.9. The lowest BCUT2D eigenvalue weighted by molar-refractivity contribution is -0.114. The van der Waals surface area contributed by atoms with Crippen molar-refractivity contribution >= 4 is 50.8 Å². The van der Waals surface area contributed by atoms with Gasteiger partial charge in [-0.3, -0.25) is 4.79 Å². The first kappa shape index (κ1) is 24.5. The zero-order valence-corrected chi connectivity index (χ0v) is 21.0. The van der Waals surface area contributed by atoms with Gasteiger partial charge in [-0.15, -0.1) is 15.3 Å². The number of aryl methyl sites for hydroxylation is 1. The Morgan fingerprint density at radius 3 is 2.14 bits per heavy atom. The van der Waals surface area contributed by atoms with E-state index in [1.165, 1.54) is 6.92 Å². The highest BCUT2D eigenvalue weighted by Crippen LogP contribution is 2.41. The Labute approximate surface area is 210 Å². The number of ether oxygens (including phenoxy) is 1. The van der Waals surface area contributed by atoms with Crippen LogP contribution in [0, 0.1) is 6.92 Å². The van der Waals surface area contributed by atoms with Crippen LogP contribution in [0.2, 0.25) is 0 Å². The summed E-state index contributed by atoms with van der Waals surface area (Å²) in [6, 6.07) is 23.1. The van der Waals surface area contributed by atoms with Crippen molar-refractivity contribution < 1.29 is 9.53 Å². The summed E-state index contributed by atoms with van der Waals surface area (Å²) in [5.74, 6) is 0.222. The highest BCUT2D eigenvalue weighted by Gasteiger charge is 2.13. The number of rotatable bonds is 7. The number of hydrogen-bond donors (Lipinski definition) is 1. The topological polar surface area (TPSA) is 91.0 Å². The van der Waals surface area contributed by atoms with E-state index in [-0.39, 0.29) is 5.91 Å². The molecule has 0 radical (unpaired) electrons. The van der Waals surface area contributed by atoms with Crippen LogP contribution < -0.4 is 15.0 Å². The van der Waals surface area contributed by atoms with Crippen LogP contribution in [0.15, 0.2) is 93.3 Å². The van der Waals surface area contributed by atoms with Gasteiger partial charge < -0.3 is 15.0 Å². The summed E-state index contributed by atoms with van der Waals surface area (Å²) >= 11 is 0. The summed E-state index contributed by atoms with van der Waals surface area (Å²) in [7, 11) is 5.57. The molecule has 0 spiro atoms. The number of methoxy groups -OCH3 is 1. The fourth-order valence-electron chi connectivity index (χ4n) is 3.75. The van der Waals surface area contributed by atoms with Crippen molar-refractivity contribution in [3.8, 4) is 5.75 Å². The van der Waals surface area contributed by atoms with Gasteiger partial charge in [0.1, 0.15) is 17.1 Å². The van der Waals surface area contributed by atoms with Crippen LogP contribution in [0.5, 0.6) is 5.75 Å². The average Bonchev–Trinajstić information content (AvgIpc) is 2.87. The number of azo groups is 2. The van der Waals surface area contributed by atoms with Gasteiger partial charge in [0.15, 0.2) is 0 Å². The lowest BCUT2D eigenvalue weighted by Gasteiger charge is -2.16. The molecule has 4 aromatic rings. The maximum absolute atomic E-state index is 11.9. The Balaban J connectivity index is 1.74. The van der Waals surface area contributed by atoms with Crippen molar-refractivity contribution in [1.82, 2.24) is 0 Å². The van der Waals surface area contributed by atoms with Crippen molar-refractivity contribution in [1.29, 1.82) is 0 Å². The molecule has 182 valence electrons. The zero-order valence-electron chi connectivity index (χ0n) is 21.0. The quantitative estimate of drug-likeness (QED) is 0.272. The standard InChI is InChI=1S/C28H28N6O2/c1-18-10-12-20(13-11-18)30-32-25-17-28(36-5)26(16-24(25)29-19(2)35)33-31-23-14-15-27(34(3)4)22-9-7-6-8-21(22)23/h6-17H,1-5H3,(H,29,35). The number of nitrogens with one attached hydrogen (secondary N) is 1. The molecule has 4 rings (SSSR count). The zero-order chi connectivity index (χ0) is 25.7. The number of anilines is 2. The molecule has 0 aliphatic carbocycles. The van der Waals surface area contributed by atoms with Crippen LogP contribution in [0.3, 0.4) is 0 Å². The maximum atomic E-state index is 11.9. The Bertz CT molecular complexity index is 1460. The summed E-state index contributed by atoms with van der Waals surface area (Å²) < 4.78 is 5.57.